The highest BCUT2D eigenvalue weighted by molar-refractivity contribution is 7.86. The van der Waals surface area contributed by atoms with Gasteiger partial charge in [-0.15, -0.1) is 5.48 Å². The van der Waals surface area contributed by atoms with Crippen molar-refractivity contribution in [2.24, 2.45) is 0 Å². The number of hydrogen-bond acceptors (Lipinski definition) is 6. The molecule has 0 aromatic heterocycles. The predicted octanol–water partition coefficient (Wildman–Crippen LogP) is 2.05. The summed E-state index contributed by atoms with van der Waals surface area (Å²) in [5.74, 6) is 0. The van der Waals surface area contributed by atoms with Crippen LogP contribution in [0.2, 0.25) is 0 Å². The first-order chi connectivity index (χ1) is 10.9. The van der Waals surface area contributed by atoms with E-state index in [4.69, 9.17) is 0 Å². The topological polar surface area (TPSA) is 98.5 Å². The van der Waals surface area contributed by atoms with Crippen LogP contribution in [-0.4, -0.2) is 19.5 Å². The maximum Gasteiger partial charge on any atom is 0.313 e. The second-order valence-corrected chi connectivity index (χ2v) is 6.51. The van der Waals surface area contributed by atoms with Crippen molar-refractivity contribution in [1.29, 1.82) is 0 Å². The Bertz CT molecular complexity index is 760. The second-order valence-electron chi connectivity index (χ2n) is 4.96. The number of hydroxylamine groups is 1. The molecule has 8 heteroatoms. The molecule has 1 atom stereocenters. The molecule has 2 aromatic carbocycles. The Balaban J connectivity index is 2.06. The fourth-order valence-corrected chi connectivity index (χ4v) is 2.67. The van der Waals surface area contributed by atoms with Crippen molar-refractivity contribution < 1.29 is 17.6 Å². The summed E-state index contributed by atoms with van der Waals surface area (Å²) in [7, 11) is -4.11. The van der Waals surface area contributed by atoms with E-state index in [1.165, 1.54) is 12.1 Å². The number of benzene rings is 2. The third-order valence-corrected chi connectivity index (χ3v) is 4.30. The van der Waals surface area contributed by atoms with Crippen LogP contribution in [0.1, 0.15) is 11.1 Å². The number of nitrogens with zero attached hydrogens (tertiary/aromatic N) is 1. The molecule has 23 heavy (non-hydrogen) atoms. The molecule has 1 unspecified atom stereocenters. The Morgan fingerprint density at radius 2 is 1.74 bits per heavy atom. The van der Waals surface area contributed by atoms with E-state index < -0.39 is 21.2 Å². The van der Waals surface area contributed by atoms with E-state index in [0.717, 1.165) is 5.56 Å². The van der Waals surface area contributed by atoms with Gasteiger partial charge in [0.05, 0.1) is 11.3 Å². The van der Waals surface area contributed by atoms with Crippen LogP contribution >= 0.6 is 0 Å². The van der Waals surface area contributed by atoms with Crippen LogP contribution in [0.4, 0.5) is 0 Å². The number of rotatable bonds is 7. The summed E-state index contributed by atoms with van der Waals surface area (Å²) >= 11 is 0. The molecule has 0 radical (unpaired) electrons. The van der Waals surface area contributed by atoms with Crippen molar-refractivity contribution in [1.82, 2.24) is 5.48 Å². The highest BCUT2D eigenvalue weighted by Gasteiger charge is 2.25. The molecule has 0 bridgehead atoms. The molecule has 0 saturated carbocycles. The van der Waals surface area contributed by atoms with E-state index in [-0.39, 0.29) is 11.3 Å². The highest BCUT2D eigenvalue weighted by atomic mass is 32.2. The zero-order chi connectivity index (χ0) is 16.9. The van der Waals surface area contributed by atoms with Crippen LogP contribution in [0.25, 0.3) is 0 Å². The summed E-state index contributed by atoms with van der Waals surface area (Å²) in [5, 5.41) is 11.1. The normalized spacial score (nSPS) is 12.7. The molecule has 1 N–H and O–H groups in total. The molecule has 0 fully saturated rings. The van der Waals surface area contributed by atoms with E-state index in [1.54, 1.807) is 42.5 Å². The fourth-order valence-electron chi connectivity index (χ4n) is 1.87. The zero-order valence-corrected chi connectivity index (χ0v) is 13.2. The predicted molar refractivity (Wildman–Crippen MR) is 83.5 cm³/mol. The molecule has 0 aliphatic rings. The van der Waals surface area contributed by atoms with Crippen molar-refractivity contribution in [2.45, 2.75) is 24.4 Å². The first-order valence-electron chi connectivity index (χ1n) is 6.81. The van der Waals surface area contributed by atoms with E-state index in [2.05, 4.69) is 4.28 Å². The van der Waals surface area contributed by atoms with Gasteiger partial charge in [0.15, 0.2) is 0 Å². The van der Waals surface area contributed by atoms with Crippen molar-refractivity contribution in [3.8, 4) is 0 Å². The van der Waals surface area contributed by atoms with Crippen LogP contribution in [0.3, 0.4) is 0 Å². The lowest BCUT2D eigenvalue weighted by Gasteiger charge is -2.11. The highest BCUT2D eigenvalue weighted by Crippen LogP contribution is 2.13. The third-order valence-electron chi connectivity index (χ3n) is 3.13. The van der Waals surface area contributed by atoms with Crippen LogP contribution in [-0.2, 0) is 20.8 Å². The molecule has 2 aromatic rings. The van der Waals surface area contributed by atoms with Gasteiger partial charge in [-0.25, -0.2) is 0 Å². The molecule has 7 nitrogen and oxygen atoms in total. The molecule has 0 heterocycles. The Morgan fingerprint density at radius 3 is 2.30 bits per heavy atom. The summed E-state index contributed by atoms with van der Waals surface area (Å²) in [5.41, 5.74) is 3.62. The number of nitro groups is 1. The maximum absolute atomic E-state index is 12.0. The van der Waals surface area contributed by atoms with Crippen molar-refractivity contribution in [2.75, 3.05) is 0 Å². The van der Waals surface area contributed by atoms with Crippen molar-refractivity contribution in [3.63, 3.8) is 0 Å². The SMILES string of the molecule is Cc1ccc(S(=O)(=O)ONC(Cc2ccccc2)[N+](=O)[O-])cc1. The number of hydrogen-bond donors (Lipinski definition) is 1. The first kappa shape index (κ1) is 17.1. The van der Waals surface area contributed by atoms with Gasteiger partial charge in [0.25, 0.3) is 6.17 Å². The summed E-state index contributed by atoms with van der Waals surface area (Å²) < 4.78 is 28.7. The van der Waals surface area contributed by atoms with Crippen LogP contribution in [0.5, 0.6) is 0 Å². The van der Waals surface area contributed by atoms with Crippen molar-refractivity contribution >= 4 is 10.1 Å². The fraction of sp³-hybridized carbons (Fsp3) is 0.200. The lowest BCUT2D eigenvalue weighted by molar-refractivity contribution is -0.537. The molecule has 0 aliphatic carbocycles. The Labute approximate surface area is 134 Å². The maximum atomic E-state index is 12.0. The average molecular weight is 336 g/mol. The molecule has 122 valence electrons. The number of nitrogens with one attached hydrogen (secondary N) is 1. The van der Waals surface area contributed by atoms with E-state index in [9.17, 15) is 18.5 Å². The lowest BCUT2D eigenvalue weighted by atomic mass is 10.1. The van der Waals surface area contributed by atoms with Crippen molar-refractivity contribution in [3.05, 3.63) is 75.8 Å². The molecular formula is C15H16N2O5S. The van der Waals surface area contributed by atoms with E-state index in [1.807, 2.05) is 12.4 Å². The third kappa shape index (κ3) is 4.85. The minimum Gasteiger partial charge on any atom is -0.263 e. The van der Waals surface area contributed by atoms with Gasteiger partial charge in [-0.1, -0.05) is 48.0 Å². The number of aryl methyl sites for hydroxylation is 1. The zero-order valence-electron chi connectivity index (χ0n) is 12.4. The Kier molecular flexibility index (Phi) is 5.43. The Morgan fingerprint density at radius 1 is 1.13 bits per heavy atom. The van der Waals surface area contributed by atoms with E-state index in [0.29, 0.717) is 5.56 Å². The molecule has 2 rings (SSSR count). The van der Waals surface area contributed by atoms with Crippen LogP contribution < -0.4 is 5.48 Å². The largest absolute Gasteiger partial charge is 0.313 e. The minimum absolute atomic E-state index is 0.00272. The molecule has 0 amide bonds. The molecule has 0 spiro atoms. The molecule has 0 aliphatic heterocycles. The summed E-state index contributed by atoms with van der Waals surface area (Å²) in [6, 6.07) is 14.7. The van der Waals surface area contributed by atoms with E-state index >= 15 is 0 Å². The summed E-state index contributed by atoms with van der Waals surface area (Å²) in [6.07, 6.45) is -1.38. The summed E-state index contributed by atoms with van der Waals surface area (Å²) in [6.45, 7) is 1.82. The van der Waals surface area contributed by atoms with Gasteiger partial charge in [-0.2, -0.15) is 12.7 Å². The standard InChI is InChI=1S/C15H16N2O5S/c1-12-7-9-14(10-8-12)23(20,21)22-16-15(17(18)19)11-13-5-3-2-4-6-13/h2-10,15-16H,11H2,1H3. The molecule has 0 saturated heterocycles. The van der Waals surface area contributed by atoms with Gasteiger partial charge in [-0.05, 0) is 24.6 Å². The smallest absolute Gasteiger partial charge is 0.263 e. The van der Waals surface area contributed by atoms with Gasteiger partial charge >= 0.3 is 10.1 Å². The summed E-state index contributed by atoms with van der Waals surface area (Å²) in [4.78, 5) is 10.4. The van der Waals surface area contributed by atoms with Crippen LogP contribution in [0.15, 0.2) is 59.5 Å². The molecular weight excluding hydrogens is 320 g/mol. The lowest BCUT2D eigenvalue weighted by Crippen LogP contribution is -2.39. The van der Waals surface area contributed by atoms with Gasteiger partial charge in [0.1, 0.15) is 0 Å². The monoisotopic (exact) mass is 336 g/mol. The second kappa shape index (κ2) is 7.32. The Hall–Kier alpha value is -2.29. The quantitative estimate of drug-likeness (QED) is 0.472. The van der Waals surface area contributed by atoms with Gasteiger partial charge in [0.2, 0.25) is 0 Å². The minimum atomic E-state index is -4.11. The van der Waals surface area contributed by atoms with Gasteiger partial charge < -0.3 is 0 Å². The van der Waals surface area contributed by atoms with Gasteiger partial charge in [0, 0.05) is 4.92 Å². The van der Waals surface area contributed by atoms with Gasteiger partial charge in [-0.3, -0.25) is 10.1 Å². The average Bonchev–Trinajstić information content (AvgIpc) is 2.52. The van der Waals surface area contributed by atoms with Crippen LogP contribution in [0, 0.1) is 17.0 Å². The first-order valence-corrected chi connectivity index (χ1v) is 8.22.